The fourth-order valence-electron chi connectivity index (χ4n) is 3.27. The Morgan fingerprint density at radius 2 is 2.04 bits per heavy atom. The van der Waals surface area contributed by atoms with Crippen molar-refractivity contribution in [2.24, 2.45) is 4.99 Å². The third-order valence-corrected chi connectivity index (χ3v) is 4.66. The molecule has 1 aromatic carbocycles. The predicted molar refractivity (Wildman–Crippen MR) is 106 cm³/mol. The van der Waals surface area contributed by atoms with E-state index < -0.39 is 0 Å². The zero-order valence-electron chi connectivity index (χ0n) is 16.4. The van der Waals surface area contributed by atoms with E-state index in [9.17, 15) is 4.39 Å². The topological polar surface area (TPSA) is 40.1 Å². The summed E-state index contributed by atoms with van der Waals surface area (Å²) in [6.45, 7) is 9.25. The molecular weight excluding hydrogens is 331 g/mol. The van der Waals surface area contributed by atoms with Crippen LogP contribution >= 0.6 is 0 Å². The molecule has 26 heavy (non-hydrogen) atoms. The van der Waals surface area contributed by atoms with Gasteiger partial charge in [0, 0.05) is 46.4 Å². The molecule has 0 aromatic heterocycles. The normalized spacial score (nSPS) is 16.0. The van der Waals surface area contributed by atoms with E-state index in [0.29, 0.717) is 11.8 Å². The maximum Gasteiger partial charge on any atom is 0.193 e. The number of ether oxygens (including phenoxy) is 1. The van der Waals surface area contributed by atoms with Gasteiger partial charge in [-0.3, -0.25) is 4.99 Å². The van der Waals surface area contributed by atoms with Crippen molar-refractivity contribution in [3.8, 4) is 0 Å². The predicted octanol–water partition coefficient (Wildman–Crippen LogP) is 3.12. The number of para-hydroxylation sites is 1. The molecule has 1 saturated heterocycles. The molecule has 0 unspecified atom stereocenters. The standard InChI is InChI=1S/C20H33FN4O/c1-4-22-20(25-15-11-17(12-16-25)26-5-2)23-13-8-14-24(3)19-10-7-6-9-18(19)21/h6-7,9-10,17H,4-5,8,11-16H2,1-3H3,(H,22,23). The maximum atomic E-state index is 13.8. The molecular formula is C20H33FN4O. The minimum Gasteiger partial charge on any atom is -0.378 e. The number of guanidine groups is 1. The number of benzene rings is 1. The third-order valence-electron chi connectivity index (χ3n) is 4.66. The van der Waals surface area contributed by atoms with Gasteiger partial charge >= 0.3 is 0 Å². The number of nitrogens with zero attached hydrogens (tertiary/aromatic N) is 3. The molecule has 1 fully saturated rings. The van der Waals surface area contributed by atoms with E-state index in [0.717, 1.165) is 64.6 Å². The number of anilines is 1. The molecule has 0 amide bonds. The smallest absolute Gasteiger partial charge is 0.193 e. The lowest BCUT2D eigenvalue weighted by atomic mass is 10.1. The van der Waals surface area contributed by atoms with Crippen molar-refractivity contribution in [3.63, 3.8) is 0 Å². The third kappa shape index (κ3) is 6.16. The zero-order chi connectivity index (χ0) is 18.8. The summed E-state index contributed by atoms with van der Waals surface area (Å²) in [5.41, 5.74) is 0.640. The van der Waals surface area contributed by atoms with Gasteiger partial charge in [0.15, 0.2) is 5.96 Å². The van der Waals surface area contributed by atoms with Crippen molar-refractivity contribution in [3.05, 3.63) is 30.1 Å². The minimum absolute atomic E-state index is 0.177. The Kier molecular flexibility index (Phi) is 8.68. The van der Waals surface area contributed by atoms with E-state index in [2.05, 4.69) is 24.1 Å². The summed E-state index contributed by atoms with van der Waals surface area (Å²) in [4.78, 5) is 9.04. The van der Waals surface area contributed by atoms with Gasteiger partial charge < -0.3 is 19.9 Å². The summed E-state index contributed by atoms with van der Waals surface area (Å²) >= 11 is 0. The van der Waals surface area contributed by atoms with Gasteiger partial charge in [-0.05, 0) is 45.2 Å². The van der Waals surface area contributed by atoms with Crippen LogP contribution in [0.15, 0.2) is 29.3 Å². The van der Waals surface area contributed by atoms with E-state index in [-0.39, 0.29) is 5.82 Å². The van der Waals surface area contributed by atoms with Gasteiger partial charge in [0.2, 0.25) is 0 Å². The average Bonchev–Trinajstić information content (AvgIpc) is 2.65. The van der Waals surface area contributed by atoms with Crippen LogP contribution in [0.3, 0.4) is 0 Å². The molecule has 0 bridgehead atoms. The number of halogens is 1. The molecule has 0 spiro atoms. The van der Waals surface area contributed by atoms with Crippen LogP contribution in [0.4, 0.5) is 10.1 Å². The first kappa shape index (κ1) is 20.5. The second-order valence-electron chi connectivity index (χ2n) is 6.60. The minimum atomic E-state index is -0.177. The highest BCUT2D eigenvalue weighted by atomic mass is 19.1. The van der Waals surface area contributed by atoms with Gasteiger partial charge in [0.1, 0.15) is 5.82 Å². The molecule has 0 radical (unpaired) electrons. The fourth-order valence-corrected chi connectivity index (χ4v) is 3.27. The van der Waals surface area contributed by atoms with Gasteiger partial charge in [0.25, 0.3) is 0 Å². The second kappa shape index (κ2) is 11.0. The summed E-state index contributed by atoms with van der Waals surface area (Å²) in [5.74, 6) is 0.806. The molecule has 1 heterocycles. The van der Waals surface area contributed by atoms with Crippen molar-refractivity contribution >= 4 is 11.6 Å². The van der Waals surface area contributed by atoms with Gasteiger partial charge in [-0.2, -0.15) is 0 Å². The van der Waals surface area contributed by atoms with E-state index in [1.54, 1.807) is 6.07 Å². The van der Waals surface area contributed by atoms with Gasteiger partial charge in [-0.15, -0.1) is 0 Å². The zero-order valence-corrected chi connectivity index (χ0v) is 16.4. The molecule has 1 aliphatic heterocycles. The molecule has 5 nitrogen and oxygen atoms in total. The van der Waals surface area contributed by atoms with Crippen molar-refractivity contribution in [2.75, 3.05) is 51.3 Å². The molecule has 1 N–H and O–H groups in total. The lowest BCUT2D eigenvalue weighted by Gasteiger charge is -2.34. The molecule has 146 valence electrons. The van der Waals surface area contributed by atoms with Gasteiger partial charge in [0.05, 0.1) is 11.8 Å². The van der Waals surface area contributed by atoms with Crippen LogP contribution in [0, 0.1) is 5.82 Å². The number of rotatable bonds is 8. The number of nitrogens with one attached hydrogen (secondary N) is 1. The Bertz CT molecular complexity index is 558. The second-order valence-corrected chi connectivity index (χ2v) is 6.60. The first-order chi connectivity index (χ1) is 12.7. The summed E-state index contributed by atoms with van der Waals surface area (Å²) in [7, 11) is 1.92. The van der Waals surface area contributed by atoms with E-state index >= 15 is 0 Å². The Labute approximate surface area is 157 Å². The SMILES string of the molecule is CCNC(=NCCCN(C)c1ccccc1F)N1CCC(OCC)CC1. The lowest BCUT2D eigenvalue weighted by Crippen LogP contribution is -2.47. The van der Waals surface area contributed by atoms with Gasteiger partial charge in [-0.1, -0.05) is 12.1 Å². The largest absolute Gasteiger partial charge is 0.378 e. The van der Waals surface area contributed by atoms with Gasteiger partial charge in [-0.25, -0.2) is 4.39 Å². The summed E-state index contributed by atoms with van der Waals surface area (Å²) in [5, 5.41) is 3.39. The van der Waals surface area contributed by atoms with Crippen LogP contribution in [-0.4, -0.2) is 63.3 Å². The van der Waals surface area contributed by atoms with Crippen LogP contribution in [0.25, 0.3) is 0 Å². The summed E-state index contributed by atoms with van der Waals surface area (Å²) in [6, 6.07) is 6.89. The van der Waals surface area contributed by atoms with Crippen molar-refractivity contribution in [1.82, 2.24) is 10.2 Å². The van der Waals surface area contributed by atoms with Crippen molar-refractivity contribution < 1.29 is 9.13 Å². The van der Waals surface area contributed by atoms with E-state index in [1.807, 2.05) is 24.1 Å². The van der Waals surface area contributed by atoms with Crippen LogP contribution in [-0.2, 0) is 4.74 Å². The number of hydrogen-bond acceptors (Lipinski definition) is 3. The highest BCUT2D eigenvalue weighted by molar-refractivity contribution is 5.80. The maximum absolute atomic E-state index is 13.8. The molecule has 0 atom stereocenters. The first-order valence-electron chi connectivity index (χ1n) is 9.76. The van der Waals surface area contributed by atoms with Crippen molar-refractivity contribution in [1.29, 1.82) is 0 Å². The van der Waals surface area contributed by atoms with Crippen LogP contribution in [0.5, 0.6) is 0 Å². The molecule has 2 rings (SSSR count). The number of piperidine rings is 1. The highest BCUT2D eigenvalue weighted by Gasteiger charge is 2.21. The number of aliphatic imine (C=N–C) groups is 1. The molecule has 0 aliphatic carbocycles. The van der Waals surface area contributed by atoms with Crippen LogP contribution in [0.1, 0.15) is 33.1 Å². The highest BCUT2D eigenvalue weighted by Crippen LogP contribution is 2.17. The Morgan fingerprint density at radius 3 is 2.69 bits per heavy atom. The molecule has 0 saturated carbocycles. The van der Waals surface area contributed by atoms with Crippen molar-refractivity contribution in [2.45, 2.75) is 39.2 Å². The Balaban J connectivity index is 1.81. The van der Waals surface area contributed by atoms with E-state index in [1.165, 1.54) is 6.07 Å². The summed E-state index contributed by atoms with van der Waals surface area (Å²) in [6.07, 6.45) is 3.37. The molecule has 1 aromatic rings. The van der Waals surface area contributed by atoms with E-state index in [4.69, 9.17) is 9.73 Å². The molecule has 1 aliphatic rings. The average molecular weight is 365 g/mol. The monoisotopic (exact) mass is 364 g/mol. The lowest BCUT2D eigenvalue weighted by molar-refractivity contribution is 0.0264. The van der Waals surface area contributed by atoms with Crippen LogP contribution in [0.2, 0.25) is 0 Å². The quantitative estimate of drug-likeness (QED) is 0.437. The Hall–Kier alpha value is -1.82. The van der Waals surface area contributed by atoms with Crippen LogP contribution < -0.4 is 10.2 Å². The number of likely N-dealkylation sites (tertiary alicyclic amines) is 1. The summed E-state index contributed by atoms with van der Waals surface area (Å²) < 4.78 is 19.5. The fraction of sp³-hybridized carbons (Fsp3) is 0.650. The molecule has 6 heteroatoms. The first-order valence-corrected chi connectivity index (χ1v) is 9.76. The number of hydrogen-bond donors (Lipinski definition) is 1. The Morgan fingerprint density at radius 1 is 1.31 bits per heavy atom.